The second-order valence-electron chi connectivity index (χ2n) is 5.08. The quantitative estimate of drug-likeness (QED) is 0.822. The zero-order valence-electron chi connectivity index (χ0n) is 11.9. The van der Waals surface area contributed by atoms with E-state index in [9.17, 15) is 0 Å². The average Bonchev–Trinajstić information content (AvgIpc) is 2.47. The minimum Gasteiger partial charge on any atom is -0.497 e. The van der Waals surface area contributed by atoms with Crippen LogP contribution >= 0.6 is 0 Å². The molecule has 0 radical (unpaired) electrons. The molecule has 2 nitrogen and oxygen atoms in total. The normalized spacial score (nSPS) is 11.2. The van der Waals surface area contributed by atoms with E-state index in [4.69, 9.17) is 9.47 Å². The van der Waals surface area contributed by atoms with Crippen LogP contribution in [0.2, 0.25) is 0 Å². The van der Waals surface area contributed by atoms with Gasteiger partial charge in [0, 0.05) is 5.41 Å². The van der Waals surface area contributed by atoms with Crippen LogP contribution in [-0.4, -0.2) is 14.2 Å². The summed E-state index contributed by atoms with van der Waals surface area (Å²) >= 11 is 0. The predicted molar refractivity (Wildman–Crippen MR) is 78.1 cm³/mol. The van der Waals surface area contributed by atoms with Crippen LogP contribution in [0.1, 0.15) is 25.0 Å². The molecule has 2 rings (SSSR count). The summed E-state index contributed by atoms with van der Waals surface area (Å²) in [6.07, 6.45) is 0. The third-order valence-electron chi connectivity index (χ3n) is 3.62. The van der Waals surface area contributed by atoms with E-state index >= 15 is 0 Å². The maximum atomic E-state index is 5.20. The monoisotopic (exact) mass is 256 g/mol. The minimum atomic E-state index is -0.0431. The van der Waals surface area contributed by atoms with Gasteiger partial charge in [-0.1, -0.05) is 38.1 Å². The second-order valence-corrected chi connectivity index (χ2v) is 5.08. The van der Waals surface area contributed by atoms with E-state index in [2.05, 4.69) is 38.1 Å². The maximum absolute atomic E-state index is 5.20. The number of hydrogen-bond acceptors (Lipinski definition) is 2. The molecule has 0 aliphatic heterocycles. The Morgan fingerprint density at radius 3 is 1.21 bits per heavy atom. The van der Waals surface area contributed by atoms with Crippen LogP contribution in [0, 0.1) is 0 Å². The van der Waals surface area contributed by atoms with Gasteiger partial charge in [0.1, 0.15) is 11.5 Å². The summed E-state index contributed by atoms with van der Waals surface area (Å²) in [5, 5.41) is 0. The third kappa shape index (κ3) is 2.73. The first-order chi connectivity index (χ1) is 9.07. The Morgan fingerprint density at radius 2 is 0.947 bits per heavy atom. The van der Waals surface area contributed by atoms with Crippen LogP contribution in [0.3, 0.4) is 0 Å². The summed E-state index contributed by atoms with van der Waals surface area (Å²) in [7, 11) is 3.37. The molecule has 0 saturated heterocycles. The van der Waals surface area contributed by atoms with Crippen molar-refractivity contribution in [2.75, 3.05) is 14.2 Å². The minimum absolute atomic E-state index is 0.0431. The summed E-state index contributed by atoms with van der Waals surface area (Å²) in [4.78, 5) is 0. The largest absolute Gasteiger partial charge is 0.497 e. The highest BCUT2D eigenvalue weighted by atomic mass is 16.5. The molecule has 0 bridgehead atoms. The lowest BCUT2D eigenvalue weighted by atomic mass is 9.78. The molecule has 100 valence electrons. The fourth-order valence-corrected chi connectivity index (χ4v) is 2.18. The van der Waals surface area contributed by atoms with Crippen LogP contribution in [0.25, 0.3) is 0 Å². The first-order valence-electron chi connectivity index (χ1n) is 6.37. The number of hydrogen-bond donors (Lipinski definition) is 0. The lowest BCUT2D eigenvalue weighted by molar-refractivity contribution is 0.414. The Balaban J connectivity index is 2.33. The molecule has 2 aromatic rings. The van der Waals surface area contributed by atoms with Crippen LogP contribution in [0.5, 0.6) is 11.5 Å². The Hall–Kier alpha value is -1.96. The topological polar surface area (TPSA) is 18.5 Å². The van der Waals surface area contributed by atoms with Gasteiger partial charge in [-0.25, -0.2) is 0 Å². The molecule has 0 amide bonds. The Kier molecular flexibility index (Phi) is 3.79. The Morgan fingerprint density at radius 1 is 0.632 bits per heavy atom. The number of methoxy groups -OCH3 is 2. The molecule has 2 aromatic carbocycles. The number of rotatable bonds is 4. The summed E-state index contributed by atoms with van der Waals surface area (Å²) in [5.41, 5.74) is 2.48. The lowest BCUT2D eigenvalue weighted by Gasteiger charge is -2.26. The molecular formula is C17H20O2. The Labute approximate surface area is 115 Å². The van der Waals surface area contributed by atoms with Gasteiger partial charge in [0.2, 0.25) is 0 Å². The first-order valence-corrected chi connectivity index (χ1v) is 6.37. The van der Waals surface area contributed by atoms with Crippen molar-refractivity contribution in [3.63, 3.8) is 0 Å². The van der Waals surface area contributed by atoms with Crippen molar-refractivity contribution in [2.24, 2.45) is 0 Å². The zero-order chi connectivity index (χ0) is 13.9. The molecule has 0 aliphatic rings. The summed E-state index contributed by atoms with van der Waals surface area (Å²) in [6.45, 7) is 4.44. The highest BCUT2D eigenvalue weighted by molar-refractivity contribution is 5.41. The third-order valence-corrected chi connectivity index (χ3v) is 3.62. The fraction of sp³-hybridized carbons (Fsp3) is 0.294. The number of ether oxygens (including phenoxy) is 2. The van der Waals surface area contributed by atoms with Crippen molar-refractivity contribution in [1.29, 1.82) is 0 Å². The van der Waals surface area contributed by atoms with E-state index in [1.807, 2.05) is 24.3 Å². The van der Waals surface area contributed by atoms with Crippen molar-refractivity contribution >= 4 is 0 Å². The molecule has 0 aliphatic carbocycles. The molecule has 0 spiro atoms. The molecule has 0 unspecified atom stereocenters. The number of benzene rings is 2. The molecule has 0 heterocycles. The van der Waals surface area contributed by atoms with E-state index in [-0.39, 0.29) is 5.41 Å². The van der Waals surface area contributed by atoms with Gasteiger partial charge in [-0.05, 0) is 35.4 Å². The van der Waals surface area contributed by atoms with E-state index in [1.165, 1.54) is 11.1 Å². The molecule has 2 heteroatoms. The van der Waals surface area contributed by atoms with Crippen molar-refractivity contribution in [3.8, 4) is 11.5 Å². The van der Waals surface area contributed by atoms with E-state index < -0.39 is 0 Å². The van der Waals surface area contributed by atoms with Gasteiger partial charge in [0.15, 0.2) is 0 Å². The standard InChI is InChI=1S/C17H20O2/c1-17(2,13-5-9-15(18-3)10-6-13)14-7-11-16(19-4)12-8-14/h5-12H,1-4H3. The summed E-state index contributed by atoms with van der Waals surface area (Å²) < 4.78 is 10.4. The van der Waals surface area contributed by atoms with Crippen molar-refractivity contribution in [3.05, 3.63) is 59.7 Å². The van der Waals surface area contributed by atoms with Gasteiger partial charge in [0.05, 0.1) is 14.2 Å². The van der Waals surface area contributed by atoms with E-state index in [0.29, 0.717) is 0 Å². The van der Waals surface area contributed by atoms with Crippen molar-refractivity contribution in [2.45, 2.75) is 19.3 Å². The molecule has 19 heavy (non-hydrogen) atoms. The van der Waals surface area contributed by atoms with Crippen molar-refractivity contribution in [1.82, 2.24) is 0 Å². The molecule has 0 saturated carbocycles. The highest BCUT2D eigenvalue weighted by Crippen LogP contribution is 2.33. The molecule has 0 fully saturated rings. The van der Waals surface area contributed by atoms with E-state index in [0.717, 1.165) is 11.5 Å². The van der Waals surface area contributed by atoms with Crippen LogP contribution in [-0.2, 0) is 5.41 Å². The molecule has 0 aromatic heterocycles. The fourth-order valence-electron chi connectivity index (χ4n) is 2.18. The van der Waals surface area contributed by atoms with Gasteiger partial charge in [-0.15, -0.1) is 0 Å². The van der Waals surface area contributed by atoms with Gasteiger partial charge in [0.25, 0.3) is 0 Å². The van der Waals surface area contributed by atoms with Crippen LogP contribution in [0.4, 0.5) is 0 Å². The van der Waals surface area contributed by atoms with E-state index in [1.54, 1.807) is 14.2 Å². The Bertz CT molecular complexity index is 475. The highest BCUT2D eigenvalue weighted by Gasteiger charge is 2.22. The zero-order valence-corrected chi connectivity index (χ0v) is 11.9. The molecule has 0 N–H and O–H groups in total. The second kappa shape index (κ2) is 5.35. The SMILES string of the molecule is COc1ccc(C(C)(C)c2ccc(OC)cc2)cc1. The molecule has 0 atom stereocenters. The van der Waals surface area contributed by atoms with Gasteiger partial charge < -0.3 is 9.47 Å². The van der Waals surface area contributed by atoms with Crippen LogP contribution in [0.15, 0.2) is 48.5 Å². The van der Waals surface area contributed by atoms with Gasteiger partial charge in [-0.2, -0.15) is 0 Å². The van der Waals surface area contributed by atoms with Gasteiger partial charge in [-0.3, -0.25) is 0 Å². The first kappa shape index (κ1) is 13.5. The lowest BCUT2D eigenvalue weighted by Crippen LogP contribution is -2.18. The maximum Gasteiger partial charge on any atom is 0.118 e. The van der Waals surface area contributed by atoms with Gasteiger partial charge >= 0.3 is 0 Å². The smallest absolute Gasteiger partial charge is 0.118 e. The van der Waals surface area contributed by atoms with Crippen molar-refractivity contribution < 1.29 is 9.47 Å². The average molecular weight is 256 g/mol. The summed E-state index contributed by atoms with van der Waals surface area (Å²) in [6, 6.07) is 16.5. The van der Waals surface area contributed by atoms with Crippen LogP contribution < -0.4 is 9.47 Å². The molecular weight excluding hydrogens is 236 g/mol. The predicted octanol–water partition coefficient (Wildman–Crippen LogP) is 4.03. The summed E-state index contributed by atoms with van der Waals surface area (Å²) in [5.74, 6) is 1.77.